The van der Waals surface area contributed by atoms with E-state index in [0.717, 1.165) is 68.5 Å². The Morgan fingerprint density at radius 2 is 1.94 bits per heavy atom. The summed E-state index contributed by atoms with van der Waals surface area (Å²) >= 11 is 0. The number of fused-ring (bicyclic) bond motifs is 2. The minimum Gasteiger partial charge on any atom is -0.492 e. The van der Waals surface area contributed by atoms with E-state index in [1.807, 2.05) is 24.5 Å². The van der Waals surface area contributed by atoms with Crippen molar-refractivity contribution >= 4 is 16.6 Å². The van der Waals surface area contributed by atoms with E-state index in [-0.39, 0.29) is 5.92 Å². The molecule has 3 aromatic rings. The first-order chi connectivity index (χ1) is 16.4. The number of hydrogen-bond donors (Lipinski definition) is 0. The summed E-state index contributed by atoms with van der Waals surface area (Å²) in [4.78, 5) is 11.7. The van der Waals surface area contributed by atoms with Crippen molar-refractivity contribution in [2.45, 2.75) is 24.8 Å². The van der Waals surface area contributed by atoms with E-state index in [2.05, 4.69) is 50.2 Å². The average molecular weight is 444 g/mol. The molecule has 2 saturated heterocycles. The summed E-state index contributed by atoms with van der Waals surface area (Å²) in [5.74, 6) is 1.06. The normalized spacial score (nSPS) is 23.0. The molecule has 0 unspecified atom stereocenters. The van der Waals surface area contributed by atoms with Gasteiger partial charge in [-0.1, -0.05) is 6.07 Å². The van der Waals surface area contributed by atoms with Gasteiger partial charge in [0.05, 0.1) is 42.1 Å². The molecule has 3 aliphatic heterocycles. The molecule has 7 nitrogen and oxygen atoms in total. The van der Waals surface area contributed by atoms with Gasteiger partial charge < -0.3 is 9.47 Å². The minimum absolute atomic E-state index is 0.195. The van der Waals surface area contributed by atoms with Crippen LogP contribution >= 0.6 is 0 Å². The second-order valence-corrected chi connectivity index (χ2v) is 8.93. The number of hydrazone groups is 1. The maximum absolute atomic E-state index is 6.08. The molecule has 0 saturated carbocycles. The van der Waals surface area contributed by atoms with Crippen molar-refractivity contribution in [3.63, 3.8) is 0 Å². The van der Waals surface area contributed by atoms with Crippen molar-refractivity contribution in [3.8, 4) is 5.75 Å². The highest BCUT2D eigenvalue weighted by molar-refractivity contribution is 6.07. The van der Waals surface area contributed by atoms with Gasteiger partial charge in [0.25, 0.3) is 0 Å². The number of rotatable bonds is 6. The van der Waals surface area contributed by atoms with Crippen molar-refractivity contribution in [3.05, 3.63) is 66.1 Å². The third-order valence-corrected chi connectivity index (χ3v) is 6.98. The van der Waals surface area contributed by atoms with E-state index >= 15 is 0 Å². The van der Waals surface area contributed by atoms with Crippen LogP contribution in [0.2, 0.25) is 0 Å². The van der Waals surface area contributed by atoms with Gasteiger partial charge in [0.2, 0.25) is 0 Å². The molecule has 0 spiro atoms. The summed E-state index contributed by atoms with van der Waals surface area (Å²) in [7, 11) is 0. The summed E-state index contributed by atoms with van der Waals surface area (Å²) in [5, 5.41) is 8.45. The number of nitrogens with zero attached hydrogens (tertiary/aromatic N) is 5. The standard InChI is InChI=1S/C26H29N5O2/c1-2-9-27-22(4-1)26-25(24-5-3-11-31(24)29-26)21-8-10-28-23-18-19(6-7-20(21)23)33-17-14-30-12-15-32-16-13-30/h1-2,4,6-10,18,24-25H,3,5,11-17H2/t24-,25-/m0/s1. The molecule has 0 amide bonds. The fourth-order valence-electron chi connectivity index (χ4n) is 5.33. The quantitative estimate of drug-likeness (QED) is 0.583. The molecule has 6 rings (SSSR count). The maximum atomic E-state index is 6.08. The molecule has 2 atom stereocenters. The van der Waals surface area contributed by atoms with Gasteiger partial charge in [-0.2, -0.15) is 5.10 Å². The van der Waals surface area contributed by atoms with Crippen molar-refractivity contribution < 1.29 is 9.47 Å². The molecule has 5 heterocycles. The number of ether oxygens (including phenoxy) is 2. The fraction of sp³-hybridized carbons (Fsp3) is 0.423. The maximum Gasteiger partial charge on any atom is 0.121 e. The van der Waals surface area contributed by atoms with E-state index < -0.39 is 0 Å². The number of morpholine rings is 1. The lowest BCUT2D eigenvalue weighted by molar-refractivity contribution is 0.0322. The summed E-state index contributed by atoms with van der Waals surface area (Å²) < 4.78 is 11.5. The Morgan fingerprint density at radius 3 is 2.82 bits per heavy atom. The first-order valence-electron chi connectivity index (χ1n) is 11.9. The van der Waals surface area contributed by atoms with Crippen LogP contribution in [0.15, 0.2) is 60.0 Å². The Labute approximate surface area is 194 Å². The Balaban J connectivity index is 1.27. The van der Waals surface area contributed by atoms with Crippen LogP contribution in [0.5, 0.6) is 5.75 Å². The summed E-state index contributed by atoms with van der Waals surface area (Å²) in [6.45, 7) is 6.18. The first-order valence-corrected chi connectivity index (χ1v) is 11.9. The third-order valence-electron chi connectivity index (χ3n) is 6.98. The SMILES string of the molecule is c1ccc(C2=NN3CCC[C@H]3[C@@H]2c2ccnc3cc(OCCN4CCOCC4)ccc23)nc1. The van der Waals surface area contributed by atoms with Gasteiger partial charge in [-0.3, -0.25) is 19.9 Å². The van der Waals surface area contributed by atoms with E-state index in [0.29, 0.717) is 12.6 Å². The predicted molar refractivity (Wildman–Crippen MR) is 128 cm³/mol. The smallest absolute Gasteiger partial charge is 0.121 e. The lowest BCUT2D eigenvalue weighted by atomic mass is 9.84. The highest BCUT2D eigenvalue weighted by Crippen LogP contribution is 2.41. The number of aromatic nitrogens is 2. The predicted octanol–water partition coefficient (Wildman–Crippen LogP) is 3.31. The van der Waals surface area contributed by atoms with E-state index in [1.54, 1.807) is 0 Å². The molecule has 3 aliphatic rings. The monoisotopic (exact) mass is 443 g/mol. The van der Waals surface area contributed by atoms with Gasteiger partial charge in [0.1, 0.15) is 12.4 Å². The van der Waals surface area contributed by atoms with Crippen LogP contribution in [0.4, 0.5) is 0 Å². The first kappa shape index (κ1) is 20.6. The van der Waals surface area contributed by atoms with E-state index in [4.69, 9.17) is 14.6 Å². The average Bonchev–Trinajstić information content (AvgIpc) is 3.46. The highest BCUT2D eigenvalue weighted by Gasteiger charge is 2.42. The molecule has 2 aromatic heterocycles. The zero-order chi connectivity index (χ0) is 22.0. The van der Waals surface area contributed by atoms with Crippen LogP contribution in [0.25, 0.3) is 10.9 Å². The van der Waals surface area contributed by atoms with Gasteiger partial charge in [-0.25, -0.2) is 0 Å². The summed E-state index contributed by atoms with van der Waals surface area (Å²) in [6, 6.07) is 14.9. The topological polar surface area (TPSA) is 63.1 Å². The lowest BCUT2D eigenvalue weighted by Gasteiger charge is -2.26. The summed E-state index contributed by atoms with van der Waals surface area (Å²) in [6.07, 6.45) is 6.10. The van der Waals surface area contributed by atoms with Crippen LogP contribution < -0.4 is 4.74 Å². The summed E-state index contributed by atoms with van der Waals surface area (Å²) in [5.41, 5.74) is 4.27. The van der Waals surface area contributed by atoms with Gasteiger partial charge in [0.15, 0.2) is 0 Å². The lowest BCUT2D eigenvalue weighted by Crippen LogP contribution is -2.38. The van der Waals surface area contributed by atoms with Crippen LogP contribution in [-0.4, -0.2) is 77.6 Å². The van der Waals surface area contributed by atoms with Crippen molar-refractivity contribution in [2.75, 3.05) is 46.0 Å². The molecule has 0 radical (unpaired) electrons. The van der Waals surface area contributed by atoms with E-state index in [1.165, 1.54) is 17.4 Å². The molecule has 33 heavy (non-hydrogen) atoms. The van der Waals surface area contributed by atoms with Gasteiger partial charge in [-0.05, 0) is 48.7 Å². The van der Waals surface area contributed by atoms with Crippen LogP contribution in [0.3, 0.4) is 0 Å². The second kappa shape index (κ2) is 9.08. The fourth-order valence-corrected chi connectivity index (χ4v) is 5.33. The van der Waals surface area contributed by atoms with Crippen LogP contribution in [0.1, 0.15) is 30.0 Å². The zero-order valence-corrected chi connectivity index (χ0v) is 18.8. The molecule has 0 N–H and O–H groups in total. The minimum atomic E-state index is 0.195. The Bertz CT molecular complexity index is 1150. The van der Waals surface area contributed by atoms with Crippen molar-refractivity contribution in [1.29, 1.82) is 0 Å². The van der Waals surface area contributed by atoms with Crippen molar-refractivity contribution in [2.24, 2.45) is 5.10 Å². The molecular formula is C26H29N5O2. The number of hydrogen-bond acceptors (Lipinski definition) is 7. The highest BCUT2D eigenvalue weighted by atomic mass is 16.5. The van der Waals surface area contributed by atoms with E-state index in [9.17, 15) is 0 Å². The van der Waals surface area contributed by atoms with Crippen LogP contribution in [0, 0.1) is 0 Å². The third kappa shape index (κ3) is 4.07. The molecule has 1 aromatic carbocycles. The number of pyridine rings is 2. The number of benzene rings is 1. The van der Waals surface area contributed by atoms with Gasteiger partial charge in [-0.15, -0.1) is 0 Å². The molecule has 0 bridgehead atoms. The molecule has 170 valence electrons. The largest absolute Gasteiger partial charge is 0.492 e. The van der Waals surface area contributed by atoms with Gasteiger partial charge >= 0.3 is 0 Å². The molecular weight excluding hydrogens is 414 g/mol. The Hall–Kier alpha value is -3.03. The molecule has 7 heteroatoms. The van der Waals surface area contributed by atoms with Gasteiger partial charge in [0, 0.05) is 50.0 Å². The zero-order valence-electron chi connectivity index (χ0n) is 18.8. The molecule has 2 fully saturated rings. The van der Waals surface area contributed by atoms with Crippen molar-refractivity contribution in [1.82, 2.24) is 19.9 Å². The molecule has 0 aliphatic carbocycles. The Kier molecular flexibility index (Phi) is 5.66. The Morgan fingerprint density at radius 1 is 1.00 bits per heavy atom. The van der Waals surface area contributed by atoms with Crippen LogP contribution in [-0.2, 0) is 4.74 Å². The second-order valence-electron chi connectivity index (χ2n) is 8.93.